The van der Waals surface area contributed by atoms with Gasteiger partial charge in [0, 0.05) is 37.4 Å². The minimum atomic E-state index is -1.22. The van der Waals surface area contributed by atoms with Crippen LogP contribution in [-0.2, 0) is 17.9 Å². The number of hydrogen-bond donors (Lipinski definition) is 3. The molecule has 1 fully saturated rings. The van der Waals surface area contributed by atoms with Crippen LogP contribution in [0.25, 0.3) is 0 Å². The van der Waals surface area contributed by atoms with Crippen LogP contribution in [0.15, 0.2) is 60.7 Å². The second-order valence-electron chi connectivity index (χ2n) is 8.50. The number of carbonyl (C=O) groups excluding carboxylic acids is 3. The predicted molar refractivity (Wildman–Crippen MR) is 150 cm³/mol. The molecule has 4 amide bonds. The van der Waals surface area contributed by atoms with Crippen LogP contribution in [-0.4, -0.2) is 46.9 Å². The molecule has 3 aromatic carbocycles. The fourth-order valence-corrected chi connectivity index (χ4v) is 4.64. The average Bonchev–Trinajstić information content (AvgIpc) is 3.36. The molecule has 1 heterocycles. The second-order valence-corrected chi connectivity index (χ2v) is 10.1. The van der Waals surface area contributed by atoms with Crippen molar-refractivity contribution >= 4 is 69.9 Å². The van der Waals surface area contributed by atoms with Crippen molar-refractivity contribution in [3.8, 4) is 0 Å². The van der Waals surface area contributed by atoms with Gasteiger partial charge in [0.2, 0.25) is 0 Å². The van der Waals surface area contributed by atoms with Gasteiger partial charge in [0.05, 0.1) is 20.1 Å². The number of carbonyl (C=O) groups is 3. The van der Waals surface area contributed by atoms with E-state index < -0.39 is 24.0 Å². The summed E-state index contributed by atoms with van der Waals surface area (Å²) in [6.07, 6.45) is -1.22. The van der Waals surface area contributed by atoms with Crippen LogP contribution in [0, 0.1) is 0 Å². The third-order valence-electron chi connectivity index (χ3n) is 5.96. The molecule has 38 heavy (non-hydrogen) atoms. The summed E-state index contributed by atoms with van der Waals surface area (Å²) in [7, 11) is 0. The summed E-state index contributed by atoms with van der Waals surface area (Å²) >= 11 is 24.2. The maximum Gasteiger partial charge on any atom is 0.323 e. The fourth-order valence-electron chi connectivity index (χ4n) is 4.05. The van der Waals surface area contributed by atoms with Gasteiger partial charge in [0.25, 0.3) is 11.8 Å². The third-order valence-corrected chi connectivity index (χ3v) is 7.44. The van der Waals surface area contributed by atoms with E-state index in [2.05, 4.69) is 10.6 Å². The summed E-state index contributed by atoms with van der Waals surface area (Å²) < 4.78 is 0. The predicted octanol–water partition coefficient (Wildman–Crippen LogP) is 5.39. The van der Waals surface area contributed by atoms with E-state index in [1.807, 2.05) is 24.3 Å². The number of halogens is 4. The molecule has 0 radical (unpaired) electrons. The number of urea groups is 1. The fraction of sp³-hybridized carbons (Fsp3) is 0.192. The van der Waals surface area contributed by atoms with Crippen molar-refractivity contribution < 1.29 is 14.4 Å². The van der Waals surface area contributed by atoms with Gasteiger partial charge in [0.1, 0.15) is 0 Å². The van der Waals surface area contributed by atoms with Gasteiger partial charge in [-0.1, -0.05) is 70.7 Å². The molecule has 1 aliphatic heterocycles. The molecule has 0 saturated carbocycles. The van der Waals surface area contributed by atoms with Crippen LogP contribution >= 0.6 is 46.4 Å². The number of nitrogens with two attached hydrogens (primary N) is 1. The topological polar surface area (TPSA) is 108 Å². The summed E-state index contributed by atoms with van der Waals surface area (Å²) in [5, 5.41) is 6.64. The summed E-state index contributed by atoms with van der Waals surface area (Å²) in [6, 6.07) is 15.9. The van der Waals surface area contributed by atoms with Crippen LogP contribution in [0.1, 0.15) is 21.5 Å². The van der Waals surface area contributed by atoms with Crippen molar-refractivity contribution in [2.24, 2.45) is 5.73 Å². The van der Waals surface area contributed by atoms with Crippen LogP contribution < -0.4 is 16.4 Å². The van der Waals surface area contributed by atoms with Crippen molar-refractivity contribution in [2.75, 3.05) is 18.4 Å². The first kappa shape index (κ1) is 28.0. The Bertz CT molecular complexity index is 1390. The lowest BCUT2D eigenvalue weighted by molar-refractivity contribution is -0.128. The Morgan fingerprint density at radius 2 is 1.47 bits per heavy atom. The molecule has 3 aromatic rings. The minimum Gasteiger partial charge on any atom is -0.349 e. The van der Waals surface area contributed by atoms with Crippen LogP contribution in [0.3, 0.4) is 0 Å². The van der Waals surface area contributed by atoms with Gasteiger partial charge >= 0.3 is 6.03 Å². The SMILES string of the molecule is NCc1cccc(CNC(=O)C2N(C(=O)Nc3ccc(Cl)c(Cl)c3)CCN2C(=O)c2ccc(Cl)c(Cl)c2)c1. The molecule has 198 valence electrons. The standard InChI is InChI=1S/C26H23Cl4N5O3/c27-19-6-4-17(11-21(19)29)25(37)34-8-9-35(26(38)33-18-5-7-20(28)22(30)12-18)24(34)23(36)32-14-16-3-1-2-15(10-16)13-31/h1-7,10-12,24H,8-9,13-14,31H2,(H,32,36)(H,33,38). The molecule has 0 bridgehead atoms. The Labute approximate surface area is 239 Å². The van der Waals surface area contributed by atoms with E-state index in [-0.39, 0.29) is 35.2 Å². The van der Waals surface area contributed by atoms with E-state index in [1.165, 1.54) is 34.1 Å². The quantitative estimate of drug-likeness (QED) is 0.355. The van der Waals surface area contributed by atoms with Gasteiger partial charge < -0.3 is 21.3 Å². The van der Waals surface area contributed by atoms with Gasteiger partial charge in [-0.3, -0.25) is 14.5 Å². The molecule has 8 nitrogen and oxygen atoms in total. The van der Waals surface area contributed by atoms with E-state index in [4.69, 9.17) is 52.1 Å². The van der Waals surface area contributed by atoms with Crippen LogP contribution in [0.2, 0.25) is 20.1 Å². The van der Waals surface area contributed by atoms with Gasteiger partial charge in [-0.25, -0.2) is 4.79 Å². The lowest BCUT2D eigenvalue weighted by atomic mass is 10.1. The first-order chi connectivity index (χ1) is 18.2. The van der Waals surface area contributed by atoms with Gasteiger partial charge in [0.15, 0.2) is 6.17 Å². The van der Waals surface area contributed by atoms with E-state index in [9.17, 15) is 14.4 Å². The number of rotatable bonds is 6. The summed E-state index contributed by atoms with van der Waals surface area (Å²) in [5.74, 6) is -1.00. The molecular formula is C26H23Cl4N5O3. The van der Waals surface area contributed by atoms with Crippen molar-refractivity contribution in [3.63, 3.8) is 0 Å². The molecular weight excluding hydrogens is 572 g/mol. The molecule has 1 saturated heterocycles. The van der Waals surface area contributed by atoms with E-state index in [1.54, 1.807) is 12.1 Å². The maximum atomic E-state index is 13.5. The van der Waals surface area contributed by atoms with Gasteiger partial charge in [-0.15, -0.1) is 0 Å². The lowest BCUT2D eigenvalue weighted by Crippen LogP contribution is -2.54. The second kappa shape index (κ2) is 12.2. The van der Waals surface area contributed by atoms with Crippen molar-refractivity contribution in [3.05, 3.63) is 97.4 Å². The summed E-state index contributed by atoms with van der Waals surface area (Å²) in [6.45, 7) is 0.773. The highest BCUT2D eigenvalue weighted by molar-refractivity contribution is 6.42. The Kier molecular flexibility index (Phi) is 9.02. The Hall–Kier alpha value is -3.01. The first-order valence-corrected chi connectivity index (χ1v) is 13.0. The molecule has 0 spiro atoms. The van der Waals surface area contributed by atoms with Gasteiger partial charge in [-0.05, 0) is 47.5 Å². The normalized spacial score (nSPS) is 14.9. The molecule has 0 aromatic heterocycles. The van der Waals surface area contributed by atoms with Crippen molar-refractivity contribution in [2.45, 2.75) is 19.3 Å². The van der Waals surface area contributed by atoms with E-state index >= 15 is 0 Å². The molecule has 1 atom stereocenters. The van der Waals surface area contributed by atoms with Gasteiger partial charge in [-0.2, -0.15) is 0 Å². The lowest BCUT2D eigenvalue weighted by Gasteiger charge is -2.29. The molecule has 1 unspecified atom stereocenters. The summed E-state index contributed by atoms with van der Waals surface area (Å²) in [5.41, 5.74) is 8.08. The Morgan fingerprint density at radius 3 is 2.16 bits per heavy atom. The number of hydrogen-bond acceptors (Lipinski definition) is 4. The zero-order valence-electron chi connectivity index (χ0n) is 19.9. The molecule has 0 aliphatic carbocycles. The maximum absolute atomic E-state index is 13.5. The van der Waals surface area contributed by atoms with E-state index in [0.717, 1.165) is 11.1 Å². The highest BCUT2D eigenvalue weighted by Gasteiger charge is 2.43. The number of benzene rings is 3. The highest BCUT2D eigenvalue weighted by atomic mass is 35.5. The third kappa shape index (κ3) is 6.34. The van der Waals surface area contributed by atoms with Crippen LogP contribution in [0.4, 0.5) is 10.5 Å². The number of anilines is 1. The van der Waals surface area contributed by atoms with Crippen LogP contribution in [0.5, 0.6) is 0 Å². The largest absolute Gasteiger partial charge is 0.349 e. The zero-order chi connectivity index (χ0) is 27.4. The molecule has 1 aliphatic rings. The molecule has 4 N–H and O–H groups in total. The highest BCUT2D eigenvalue weighted by Crippen LogP contribution is 2.27. The smallest absolute Gasteiger partial charge is 0.323 e. The zero-order valence-corrected chi connectivity index (χ0v) is 22.9. The average molecular weight is 595 g/mol. The Morgan fingerprint density at radius 1 is 0.816 bits per heavy atom. The summed E-state index contributed by atoms with van der Waals surface area (Å²) in [4.78, 5) is 42.8. The molecule has 4 rings (SSSR count). The van der Waals surface area contributed by atoms with Crippen molar-refractivity contribution in [1.29, 1.82) is 0 Å². The number of nitrogens with one attached hydrogen (secondary N) is 2. The number of amides is 4. The van der Waals surface area contributed by atoms with E-state index in [0.29, 0.717) is 22.3 Å². The molecule has 12 heteroatoms. The first-order valence-electron chi connectivity index (χ1n) is 11.5. The Balaban J connectivity index is 1.58. The number of nitrogens with zero attached hydrogens (tertiary/aromatic N) is 2. The monoisotopic (exact) mass is 593 g/mol. The minimum absolute atomic E-state index is 0.112. The van der Waals surface area contributed by atoms with Crippen molar-refractivity contribution in [1.82, 2.24) is 15.1 Å².